The predicted octanol–water partition coefficient (Wildman–Crippen LogP) is 3.91. The maximum atomic E-state index is 13.8. The van der Waals surface area contributed by atoms with Crippen LogP contribution >= 0.6 is 0 Å². The number of nitrogens with zero attached hydrogens (tertiary/aromatic N) is 1. The standard InChI is InChI=1S/C18H22FNO3S/c1-5-20(14(3)15-7-6-8-16(11-15)23-4)24(21,22)17-10-9-13(2)18(19)12-17/h6-12,14H,5H2,1-4H3. The number of rotatable bonds is 6. The molecule has 0 amide bonds. The molecular formula is C18H22FNO3S. The fourth-order valence-corrected chi connectivity index (χ4v) is 4.23. The molecule has 0 heterocycles. The topological polar surface area (TPSA) is 46.6 Å². The highest BCUT2D eigenvalue weighted by atomic mass is 32.2. The van der Waals surface area contributed by atoms with E-state index >= 15 is 0 Å². The Morgan fingerprint density at radius 3 is 2.50 bits per heavy atom. The molecule has 6 heteroatoms. The highest BCUT2D eigenvalue weighted by molar-refractivity contribution is 7.89. The summed E-state index contributed by atoms with van der Waals surface area (Å²) in [4.78, 5) is -0.0396. The Bertz CT molecular complexity index is 821. The van der Waals surface area contributed by atoms with E-state index < -0.39 is 21.9 Å². The van der Waals surface area contributed by atoms with Gasteiger partial charge in [0, 0.05) is 12.6 Å². The van der Waals surface area contributed by atoms with Crippen molar-refractivity contribution in [2.45, 2.75) is 31.7 Å². The van der Waals surface area contributed by atoms with Gasteiger partial charge in [-0.15, -0.1) is 0 Å². The van der Waals surface area contributed by atoms with Gasteiger partial charge >= 0.3 is 0 Å². The second-order valence-electron chi connectivity index (χ2n) is 5.57. The van der Waals surface area contributed by atoms with E-state index in [1.807, 2.05) is 12.1 Å². The largest absolute Gasteiger partial charge is 0.497 e. The smallest absolute Gasteiger partial charge is 0.243 e. The van der Waals surface area contributed by atoms with Gasteiger partial charge in [0.15, 0.2) is 0 Å². The average Bonchev–Trinajstić information content (AvgIpc) is 2.57. The van der Waals surface area contributed by atoms with Crippen molar-refractivity contribution in [3.63, 3.8) is 0 Å². The van der Waals surface area contributed by atoms with Crippen LogP contribution in [0.1, 0.15) is 31.0 Å². The fourth-order valence-electron chi connectivity index (χ4n) is 2.59. The van der Waals surface area contributed by atoms with Gasteiger partial charge in [0.2, 0.25) is 10.0 Å². The number of sulfonamides is 1. The Kier molecular flexibility index (Phi) is 5.62. The van der Waals surface area contributed by atoms with Crippen molar-refractivity contribution < 1.29 is 17.5 Å². The Labute approximate surface area is 142 Å². The van der Waals surface area contributed by atoms with Crippen molar-refractivity contribution in [1.82, 2.24) is 4.31 Å². The molecule has 1 atom stereocenters. The van der Waals surface area contributed by atoms with E-state index in [9.17, 15) is 12.8 Å². The Morgan fingerprint density at radius 1 is 1.21 bits per heavy atom. The lowest BCUT2D eigenvalue weighted by molar-refractivity contribution is 0.354. The van der Waals surface area contributed by atoms with Gasteiger partial charge in [-0.1, -0.05) is 25.1 Å². The number of hydrogen-bond donors (Lipinski definition) is 0. The van der Waals surface area contributed by atoms with Crippen molar-refractivity contribution in [1.29, 1.82) is 0 Å². The third kappa shape index (κ3) is 3.60. The second kappa shape index (κ2) is 7.32. The number of ether oxygens (including phenoxy) is 1. The minimum Gasteiger partial charge on any atom is -0.497 e. The molecule has 0 saturated carbocycles. The zero-order valence-electron chi connectivity index (χ0n) is 14.3. The number of aryl methyl sites for hydroxylation is 1. The van der Waals surface area contributed by atoms with Crippen LogP contribution in [0.2, 0.25) is 0 Å². The molecule has 0 fully saturated rings. The van der Waals surface area contributed by atoms with E-state index in [0.717, 1.165) is 11.6 Å². The van der Waals surface area contributed by atoms with Crippen LogP contribution in [0.5, 0.6) is 5.75 Å². The first kappa shape index (κ1) is 18.4. The van der Waals surface area contributed by atoms with Crippen LogP contribution in [-0.2, 0) is 10.0 Å². The third-order valence-corrected chi connectivity index (χ3v) is 6.11. The number of benzene rings is 2. The predicted molar refractivity (Wildman–Crippen MR) is 92.1 cm³/mol. The summed E-state index contributed by atoms with van der Waals surface area (Å²) in [7, 11) is -2.24. The Morgan fingerprint density at radius 2 is 1.92 bits per heavy atom. The molecule has 0 radical (unpaired) electrons. The zero-order valence-corrected chi connectivity index (χ0v) is 15.1. The van der Waals surface area contributed by atoms with Gasteiger partial charge in [-0.25, -0.2) is 12.8 Å². The lowest BCUT2D eigenvalue weighted by atomic mass is 10.1. The van der Waals surface area contributed by atoms with Crippen LogP contribution in [0, 0.1) is 12.7 Å². The first-order chi connectivity index (χ1) is 11.3. The normalized spacial score (nSPS) is 13.1. The first-order valence-electron chi connectivity index (χ1n) is 7.73. The molecule has 1 unspecified atom stereocenters. The van der Waals surface area contributed by atoms with Crippen molar-refractivity contribution in [2.24, 2.45) is 0 Å². The summed E-state index contributed by atoms with van der Waals surface area (Å²) < 4.78 is 46.2. The van der Waals surface area contributed by atoms with Gasteiger partial charge < -0.3 is 4.74 Å². The molecule has 4 nitrogen and oxygen atoms in total. The minimum atomic E-state index is -3.80. The Balaban J connectivity index is 2.43. The van der Waals surface area contributed by atoms with Crippen LogP contribution in [0.15, 0.2) is 47.4 Å². The van der Waals surface area contributed by atoms with Gasteiger partial charge in [-0.3, -0.25) is 0 Å². The van der Waals surface area contributed by atoms with E-state index in [0.29, 0.717) is 11.3 Å². The third-order valence-electron chi connectivity index (χ3n) is 4.07. The number of hydrogen-bond acceptors (Lipinski definition) is 3. The summed E-state index contributed by atoms with van der Waals surface area (Å²) in [6.07, 6.45) is 0. The molecule has 130 valence electrons. The van der Waals surface area contributed by atoms with E-state index in [1.54, 1.807) is 40.0 Å². The molecule has 0 aromatic heterocycles. The van der Waals surface area contributed by atoms with Crippen molar-refractivity contribution in [3.8, 4) is 5.75 Å². The first-order valence-corrected chi connectivity index (χ1v) is 9.17. The highest BCUT2D eigenvalue weighted by Crippen LogP contribution is 2.29. The van der Waals surface area contributed by atoms with Gasteiger partial charge in [-0.05, 0) is 49.2 Å². The van der Waals surface area contributed by atoms with Gasteiger partial charge in [0.25, 0.3) is 0 Å². The lowest BCUT2D eigenvalue weighted by Crippen LogP contribution is -2.33. The van der Waals surface area contributed by atoms with Crippen molar-refractivity contribution in [2.75, 3.05) is 13.7 Å². The quantitative estimate of drug-likeness (QED) is 0.792. The molecular weight excluding hydrogens is 329 g/mol. The van der Waals surface area contributed by atoms with Crippen LogP contribution in [0.3, 0.4) is 0 Å². The molecule has 0 bridgehead atoms. The summed E-state index contributed by atoms with van der Waals surface area (Å²) >= 11 is 0. The molecule has 0 spiro atoms. The number of halogens is 1. The number of methoxy groups -OCH3 is 1. The van der Waals surface area contributed by atoms with Crippen molar-refractivity contribution >= 4 is 10.0 Å². The zero-order chi connectivity index (χ0) is 17.9. The molecule has 0 aliphatic rings. The van der Waals surface area contributed by atoms with Gasteiger partial charge in [-0.2, -0.15) is 4.31 Å². The van der Waals surface area contributed by atoms with Crippen LogP contribution in [0.4, 0.5) is 4.39 Å². The fraction of sp³-hybridized carbons (Fsp3) is 0.333. The van der Waals surface area contributed by atoms with E-state index in [1.165, 1.54) is 16.4 Å². The van der Waals surface area contributed by atoms with E-state index in [-0.39, 0.29) is 11.4 Å². The summed E-state index contributed by atoms with van der Waals surface area (Å²) in [5.41, 5.74) is 1.23. The summed E-state index contributed by atoms with van der Waals surface area (Å²) in [6, 6.07) is 10.9. The molecule has 2 aromatic rings. The summed E-state index contributed by atoms with van der Waals surface area (Å²) in [5.74, 6) is 0.135. The van der Waals surface area contributed by atoms with E-state index in [2.05, 4.69) is 0 Å². The van der Waals surface area contributed by atoms with Crippen LogP contribution < -0.4 is 4.74 Å². The maximum absolute atomic E-state index is 13.8. The average molecular weight is 351 g/mol. The molecule has 24 heavy (non-hydrogen) atoms. The van der Waals surface area contributed by atoms with Gasteiger partial charge in [0.1, 0.15) is 11.6 Å². The highest BCUT2D eigenvalue weighted by Gasteiger charge is 2.29. The molecule has 2 rings (SSSR count). The molecule has 0 saturated heterocycles. The molecule has 0 N–H and O–H groups in total. The Hall–Kier alpha value is -1.92. The van der Waals surface area contributed by atoms with Crippen LogP contribution in [0.25, 0.3) is 0 Å². The maximum Gasteiger partial charge on any atom is 0.243 e. The minimum absolute atomic E-state index is 0.0396. The summed E-state index contributed by atoms with van der Waals surface area (Å²) in [5, 5.41) is 0. The van der Waals surface area contributed by atoms with E-state index in [4.69, 9.17) is 4.74 Å². The second-order valence-corrected chi connectivity index (χ2v) is 7.46. The lowest BCUT2D eigenvalue weighted by Gasteiger charge is -2.28. The van der Waals surface area contributed by atoms with Gasteiger partial charge in [0.05, 0.1) is 12.0 Å². The SMILES string of the molecule is CCN(C(C)c1cccc(OC)c1)S(=O)(=O)c1ccc(C)c(F)c1. The summed E-state index contributed by atoms with van der Waals surface area (Å²) in [6.45, 7) is 5.44. The molecule has 0 aliphatic carbocycles. The molecule has 2 aromatic carbocycles. The van der Waals surface area contributed by atoms with Crippen molar-refractivity contribution in [3.05, 3.63) is 59.4 Å². The monoisotopic (exact) mass is 351 g/mol. The van der Waals surface area contributed by atoms with Crippen LogP contribution in [-0.4, -0.2) is 26.4 Å². The molecule has 0 aliphatic heterocycles.